The zero-order valence-electron chi connectivity index (χ0n) is 10.4. The Balaban J connectivity index is 2.72. The average molecular weight is 257 g/mol. The van der Waals surface area contributed by atoms with E-state index in [0.717, 1.165) is 12.2 Å². The van der Waals surface area contributed by atoms with Crippen molar-refractivity contribution in [3.63, 3.8) is 0 Å². The highest BCUT2D eigenvalue weighted by Gasteiger charge is 2.19. The van der Waals surface area contributed by atoms with Crippen LogP contribution in [-0.2, 0) is 10.0 Å². The average Bonchev–Trinajstić information content (AvgIpc) is 2.25. The monoisotopic (exact) mass is 257 g/mol. The van der Waals surface area contributed by atoms with Crippen LogP contribution in [0.25, 0.3) is 0 Å². The summed E-state index contributed by atoms with van der Waals surface area (Å²) in [6.45, 7) is 6.64. The van der Waals surface area contributed by atoms with E-state index in [2.05, 4.69) is 15.0 Å². The van der Waals surface area contributed by atoms with Gasteiger partial charge in [-0.05, 0) is 32.5 Å². The number of rotatable bonds is 6. The number of nitrogens with zero attached hydrogens (tertiary/aromatic N) is 1. The first kappa shape index (κ1) is 13.9. The van der Waals surface area contributed by atoms with E-state index in [1.165, 1.54) is 0 Å². The van der Waals surface area contributed by atoms with Crippen molar-refractivity contribution >= 4 is 15.7 Å². The predicted octanol–water partition coefficient (Wildman–Crippen LogP) is 1.13. The minimum atomic E-state index is -3.34. The number of sulfonamides is 1. The number of hydrogen-bond acceptors (Lipinski definition) is 4. The van der Waals surface area contributed by atoms with Gasteiger partial charge >= 0.3 is 0 Å². The molecule has 1 atom stereocenters. The van der Waals surface area contributed by atoms with Crippen molar-refractivity contribution in [2.45, 2.75) is 26.0 Å². The summed E-state index contributed by atoms with van der Waals surface area (Å²) in [6, 6.07) is 3.35. The number of aromatic nitrogens is 1. The van der Waals surface area contributed by atoms with Gasteiger partial charge in [0.25, 0.3) is 0 Å². The predicted molar refractivity (Wildman–Crippen MR) is 69.5 cm³/mol. The molecule has 96 valence electrons. The van der Waals surface area contributed by atoms with E-state index in [9.17, 15) is 8.42 Å². The van der Waals surface area contributed by atoms with Gasteiger partial charge < -0.3 is 5.32 Å². The van der Waals surface area contributed by atoms with Crippen LogP contribution < -0.4 is 10.0 Å². The summed E-state index contributed by atoms with van der Waals surface area (Å²) in [6.07, 6.45) is 1.59. The summed E-state index contributed by atoms with van der Waals surface area (Å²) in [4.78, 5) is 4.02. The van der Waals surface area contributed by atoms with Gasteiger partial charge in [-0.1, -0.05) is 6.92 Å². The van der Waals surface area contributed by atoms with Gasteiger partial charge in [0.1, 0.15) is 0 Å². The first-order valence-electron chi connectivity index (χ1n) is 5.60. The van der Waals surface area contributed by atoms with Crippen LogP contribution in [0.4, 0.5) is 5.69 Å². The van der Waals surface area contributed by atoms with E-state index in [0.29, 0.717) is 12.2 Å². The molecule has 0 fully saturated rings. The van der Waals surface area contributed by atoms with Crippen LogP contribution in [0.15, 0.2) is 18.3 Å². The van der Waals surface area contributed by atoms with Crippen LogP contribution in [0.1, 0.15) is 19.5 Å². The first-order valence-corrected chi connectivity index (χ1v) is 7.15. The molecule has 2 N–H and O–H groups in total. The third-order valence-electron chi connectivity index (χ3n) is 2.37. The molecule has 1 aromatic rings. The summed E-state index contributed by atoms with van der Waals surface area (Å²) in [7, 11) is -3.34. The molecule has 0 saturated carbocycles. The molecule has 1 heterocycles. The van der Waals surface area contributed by atoms with Crippen LogP contribution in [0.3, 0.4) is 0 Å². The second-order valence-corrected chi connectivity index (χ2v) is 6.05. The Morgan fingerprint density at radius 1 is 1.47 bits per heavy atom. The topological polar surface area (TPSA) is 71.1 Å². The maximum absolute atomic E-state index is 11.9. The van der Waals surface area contributed by atoms with E-state index in [1.54, 1.807) is 25.3 Å². The third-order valence-corrected chi connectivity index (χ3v) is 4.11. The number of nitrogens with one attached hydrogen (secondary N) is 2. The molecule has 0 aliphatic carbocycles. The molecule has 0 radical (unpaired) electrons. The molecule has 0 aromatic carbocycles. The lowest BCUT2D eigenvalue weighted by Crippen LogP contribution is -2.34. The Morgan fingerprint density at radius 2 is 2.18 bits per heavy atom. The van der Waals surface area contributed by atoms with Crippen molar-refractivity contribution < 1.29 is 8.42 Å². The Morgan fingerprint density at radius 3 is 2.76 bits per heavy atom. The van der Waals surface area contributed by atoms with Crippen molar-refractivity contribution in [1.29, 1.82) is 0 Å². The van der Waals surface area contributed by atoms with Crippen LogP contribution in [0.5, 0.6) is 0 Å². The van der Waals surface area contributed by atoms with E-state index in [-0.39, 0.29) is 0 Å². The van der Waals surface area contributed by atoms with Crippen LogP contribution in [0.2, 0.25) is 0 Å². The highest BCUT2D eigenvalue weighted by Crippen LogP contribution is 2.11. The number of pyridine rings is 1. The molecular formula is C11H19N3O2S. The van der Waals surface area contributed by atoms with Gasteiger partial charge in [0.2, 0.25) is 10.0 Å². The second kappa shape index (κ2) is 5.97. The van der Waals surface area contributed by atoms with Gasteiger partial charge in [-0.2, -0.15) is 0 Å². The fourth-order valence-electron chi connectivity index (χ4n) is 1.33. The molecular weight excluding hydrogens is 238 g/mol. The summed E-state index contributed by atoms with van der Waals surface area (Å²) < 4.78 is 26.5. The maximum Gasteiger partial charge on any atom is 0.236 e. The smallest absolute Gasteiger partial charge is 0.236 e. The molecule has 0 amide bonds. The summed E-state index contributed by atoms with van der Waals surface area (Å²) in [5, 5.41) is 2.54. The zero-order valence-corrected chi connectivity index (χ0v) is 11.2. The summed E-state index contributed by atoms with van der Waals surface area (Å²) in [5.74, 6) is 0. The summed E-state index contributed by atoms with van der Waals surface area (Å²) in [5.41, 5.74) is 1.34. The lowest BCUT2D eigenvalue weighted by atomic mass is 10.3. The van der Waals surface area contributed by atoms with Crippen LogP contribution in [-0.4, -0.2) is 31.7 Å². The van der Waals surface area contributed by atoms with Crippen molar-refractivity contribution in [2.75, 3.05) is 17.8 Å². The quantitative estimate of drug-likeness (QED) is 0.801. The molecule has 0 aliphatic heterocycles. The van der Waals surface area contributed by atoms with Crippen molar-refractivity contribution in [1.82, 2.24) is 10.3 Å². The maximum atomic E-state index is 11.9. The van der Waals surface area contributed by atoms with Crippen molar-refractivity contribution in [2.24, 2.45) is 0 Å². The van der Waals surface area contributed by atoms with Gasteiger partial charge in [-0.25, -0.2) is 8.42 Å². The molecule has 1 rings (SSSR count). The number of aryl methyl sites for hydroxylation is 1. The van der Waals surface area contributed by atoms with Crippen molar-refractivity contribution in [3.8, 4) is 0 Å². The first-order chi connectivity index (χ1) is 7.95. The largest absolute Gasteiger partial charge is 0.316 e. The fraction of sp³-hybridized carbons (Fsp3) is 0.545. The molecule has 0 bridgehead atoms. The molecule has 6 heteroatoms. The summed E-state index contributed by atoms with van der Waals surface area (Å²) >= 11 is 0. The second-order valence-electron chi connectivity index (χ2n) is 3.95. The van der Waals surface area contributed by atoms with E-state index < -0.39 is 15.3 Å². The van der Waals surface area contributed by atoms with E-state index in [4.69, 9.17) is 0 Å². The van der Waals surface area contributed by atoms with Gasteiger partial charge in [-0.3, -0.25) is 9.71 Å². The molecule has 1 aromatic heterocycles. The lowest BCUT2D eigenvalue weighted by Gasteiger charge is -2.15. The SMILES string of the molecule is CCNCC(C)S(=O)(=O)Nc1ccnc(C)c1. The Bertz CT molecular complexity index is 460. The highest BCUT2D eigenvalue weighted by molar-refractivity contribution is 7.93. The Kier molecular flexibility index (Phi) is 4.89. The molecule has 0 saturated heterocycles. The van der Waals surface area contributed by atoms with Crippen LogP contribution in [0, 0.1) is 6.92 Å². The minimum absolute atomic E-state index is 0.440. The van der Waals surface area contributed by atoms with Gasteiger partial charge in [0, 0.05) is 18.4 Å². The van der Waals surface area contributed by atoms with Crippen molar-refractivity contribution in [3.05, 3.63) is 24.0 Å². The Hall–Kier alpha value is -1.14. The number of anilines is 1. The van der Waals surface area contributed by atoms with E-state index >= 15 is 0 Å². The normalized spacial score (nSPS) is 13.4. The van der Waals surface area contributed by atoms with E-state index in [1.807, 2.05) is 13.8 Å². The highest BCUT2D eigenvalue weighted by atomic mass is 32.2. The molecule has 0 spiro atoms. The lowest BCUT2D eigenvalue weighted by molar-refractivity contribution is 0.579. The van der Waals surface area contributed by atoms with Gasteiger partial charge in [0.15, 0.2) is 0 Å². The molecule has 17 heavy (non-hydrogen) atoms. The number of hydrogen-bond donors (Lipinski definition) is 2. The fourth-order valence-corrected chi connectivity index (χ4v) is 2.33. The zero-order chi connectivity index (χ0) is 12.9. The van der Waals surface area contributed by atoms with Gasteiger partial charge in [-0.15, -0.1) is 0 Å². The Labute approximate surface area is 103 Å². The minimum Gasteiger partial charge on any atom is -0.316 e. The molecule has 5 nitrogen and oxygen atoms in total. The third kappa shape index (κ3) is 4.32. The van der Waals surface area contributed by atoms with Crippen LogP contribution >= 0.6 is 0 Å². The standard InChI is InChI=1S/C11H19N3O2S/c1-4-12-8-10(3)17(15,16)14-11-5-6-13-9(2)7-11/h5-7,10,12H,4,8H2,1-3H3,(H,13,14). The molecule has 0 aliphatic rings. The van der Waals surface area contributed by atoms with Gasteiger partial charge in [0.05, 0.1) is 10.9 Å². The molecule has 1 unspecified atom stereocenters.